The summed E-state index contributed by atoms with van der Waals surface area (Å²) >= 11 is 11.8. The van der Waals surface area contributed by atoms with Crippen LogP contribution in [0.25, 0.3) is 0 Å². The molecule has 0 bridgehead atoms. The predicted octanol–water partition coefficient (Wildman–Crippen LogP) is 0.258. The van der Waals surface area contributed by atoms with Crippen LogP contribution in [0.1, 0.15) is 6.92 Å². The van der Waals surface area contributed by atoms with Crippen molar-refractivity contribution in [3.8, 4) is 17.4 Å². The number of carbonyl (C=O) groups is 1. The third-order valence-electron chi connectivity index (χ3n) is 2.64. The van der Waals surface area contributed by atoms with Crippen LogP contribution in [0.15, 0.2) is 48.7 Å². The molecule has 2 aromatic rings. The molecule has 1 heterocycles. The zero-order valence-electron chi connectivity index (χ0n) is 13.0. The van der Waals surface area contributed by atoms with Gasteiger partial charge in [0.05, 0.1) is 11.0 Å². The minimum absolute atomic E-state index is 0. The second kappa shape index (κ2) is 10.4. The fourth-order valence-corrected chi connectivity index (χ4v) is 2.06. The van der Waals surface area contributed by atoms with Crippen LogP contribution in [0.4, 0.5) is 0 Å². The number of aliphatic carboxylic acids is 1. The molecule has 0 N–H and O–H groups in total. The van der Waals surface area contributed by atoms with E-state index in [0.717, 1.165) is 6.08 Å². The fourth-order valence-electron chi connectivity index (χ4n) is 1.64. The Balaban J connectivity index is 0.00000288. The molecule has 0 aliphatic rings. The number of rotatable bonds is 6. The van der Waals surface area contributed by atoms with Crippen LogP contribution in [-0.2, 0) is 4.79 Å². The number of nitrogens with zero attached hydrogens (tertiary/aromatic N) is 1. The standard InChI is InChI=1S/C16H13Cl2NO4.K/c1-10(2-7-15(20)21)22-12-3-5-13(6-4-12)23-16-14(18)8-11(17)9-19-16;/h2-10H,1H3,(H,20,21);/q;+1/p-1. The van der Waals surface area contributed by atoms with Crippen molar-refractivity contribution >= 4 is 29.2 Å². The van der Waals surface area contributed by atoms with E-state index in [9.17, 15) is 9.90 Å². The van der Waals surface area contributed by atoms with E-state index in [2.05, 4.69) is 4.98 Å². The van der Waals surface area contributed by atoms with Crippen LogP contribution in [0.3, 0.4) is 0 Å². The van der Waals surface area contributed by atoms with E-state index < -0.39 is 12.1 Å². The topological polar surface area (TPSA) is 71.5 Å². The molecule has 24 heavy (non-hydrogen) atoms. The number of benzene rings is 1. The number of ether oxygens (including phenoxy) is 2. The number of carboxylic acids is 1. The van der Waals surface area contributed by atoms with Crippen molar-refractivity contribution in [3.63, 3.8) is 0 Å². The van der Waals surface area contributed by atoms with Crippen molar-refractivity contribution in [3.05, 3.63) is 58.7 Å². The molecule has 8 heteroatoms. The largest absolute Gasteiger partial charge is 1.00 e. The molecular formula is C16H12Cl2KNO4. The molecule has 1 atom stereocenters. The molecule has 0 aliphatic heterocycles. The monoisotopic (exact) mass is 391 g/mol. The summed E-state index contributed by atoms with van der Waals surface area (Å²) < 4.78 is 11.1. The van der Waals surface area contributed by atoms with E-state index in [1.807, 2.05) is 0 Å². The van der Waals surface area contributed by atoms with E-state index in [-0.39, 0.29) is 57.3 Å². The molecule has 0 fully saturated rings. The first kappa shape index (κ1) is 21.4. The summed E-state index contributed by atoms with van der Waals surface area (Å²) in [4.78, 5) is 14.3. The van der Waals surface area contributed by atoms with E-state index >= 15 is 0 Å². The first-order chi connectivity index (χ1) is 10.9. The predicted molar refractivity (Wildman–Crippen MR) is 85.0 cm³/mol. The summed E-state index contributed by atoms with van der Waals surface area (Å²) in [5.74, 6) is 0.0570. The molecule has 0 radical (unpaired) electrons. The molecule has 0 spiro atoms. The SMILES string of the molecule is CC(C=CC(=O)[O-])Oc1ccc(Oc2ncc(Cl)cc2Cl)cc1.[K+]. The second-order valence-electron chi connectivity index (χ2n) is 4.52. The van der Waals surface area contributed by atoms with Crippen molar-refractivity contribution in [2.45, 2.75) is 13.0 Å². The quantitative estimate of drug-likeness (QED) is 0.521. The zero-order valence-corrected chi connectivity index (χ0v) is 17.7. The average Bonchev–Trinajstić information content (AvgIpc) is 2.50. The first-order valence-corrected chi connectivity index (χ1v) is 7.34. The minimum atomic E-state index is -1.27. The smallest absolute Gasteiger partial charge is 0.545 e. The molecule has 0 amide bonds. The fraction of sp³-hybridized carbons (Fsp3) is 0.125. The number of hydrogen-bond donors (Lipinski definition) is 0. The van der Waals surface area contributed by atoms with Gasteiger partial charge in [0.25, 0.3) is 0 Å². The molecule has 0 saturated carbocycles. The number of carboxylic acid groups (broad SMARTS) is 1. The van der Waals surface area contributed by atoms with Crippen molar-refractivity contribution in [2.24, 2.45) is 0 Å². The Morgan fingerprint density at radius 1 is 1.25 bits per heavy atom. The maximum absolute atomic E-state index is 10.3. The number of hydrogen-bond acceptors (Lipinski definition) is 5. The van der Waals surface area contributed by atoms with Crippen LogP contribution in [0.5, 0.6) is 17.4 Å². The molecule has 1 unspecified atom stereocenters. The summed E-state index contributed by atoms with van der Waals surface area (Å²) in [6.07, 6.45) is 3.34. The van der Waals surface area contributed by atoms with Crippen molar-refractivity contribution in [1.82, 2.24) is 4.98 Å². The van der Waals surface area contributed by atoms with Gasteiger partial charge < -0.3 is 19.4 Å². The molecule has 120 valence electrons. The summed E-state index contributed by atoms with van der Waals surface area (Å²) in [6.45, 7) is 1.71. The summed E-state index contributed by atoms with van der Waals surface area (Å²) in [5, 5.41) is 11.1. The summed E-state index contributed by atoms with van der Waals surface area (Å²) in [6, 6.07) is 8.26. The van der Waals surface area contributed by atoms with Gasteiger partial charge in [-0.25, -0.2) is 4.98 Å². The van der Waals surface area contributed by atoms with Gasteiger partial charge in [-0.05, 0) is 49.4 Å². The number of carbonyl (C=O) groups excluding carboxylic acids is 1. The van der Waals surface area contributed by atoms with Crippen LogP contribution in [0, 0.1) is 0 Å². The number of aromatic nitrogens is 1. The molecule has 5 nitrogen and oxygen atoms in total. The first-order valence-electron chi connectivity index (χ1n) is 6.59. The summed E-state index contributed by atoms with van der Waals surface area (Å²) in [5.41, 5.74) is 0. The summed E-state index contributed by atoms with van der Waals surface area (Å²) in [7, 11) is 0. The van der Waals surface area contributed by atoms with Gasteiger partial charge in [-0.2, -0.15) is 0 Å². The molecule has 2 rings (SSSR count). The van der Waals surface area contributed by atoms with Gasteiger partial charge in [-0.1, -0.05) is 23.2 Å². The Labute approximate surface area is 192 Å². The van der Waals surface area contributed by atoms with E-state index in [1.54, 1.807) is 31.2 Å². The van der Waals surface area contributed by atoms with Crippen molar-refractivity contribution in [1.29, 1.82) is 0 Å². The third kappa shape index (κ3) is 7.10. The van der Waals surface area contributed by atoms with Gasteiger partial charge in [-0.3, -0.25) is 0 Å². The molecule has 0 saturated heterocycles. The van der Waals surface area contributed by atoms with Crippen LogP contribution in [-0.4, -0.2) is 17.1 Å². The Kier molecular flexibility index (Phi) is 9.29. The minimum Gasteiger partial charge on any atom is -0.545 e. The normalized spacial score (nSPS) is 11.6. The Bertz CT molecular complexity index is 723. The van der Waals surface area contributed by atoms with Gasteiger partial charge in [0.15, 0.2) is 0 Å². The molecule has 0 aliphatic carbocycles. The van der Waals surface area contributed by atoms with Gasteiger partial charge in [-0.15, -0.1) is 0 Å². The molecule has 1 aromatic carbocycles. The van der Waals surface area contributed by atoms with E-state index in [4.69, 9.17) is 32.7 Å². The Morgan fingerprint density at radius 3 is 2.46 bits per heavy atom. The number of pyridine rings is 1. The Morgan fingerprint density at radius 2 is 1.88 bits per heavy atom. The van der Waals surface area contributed by atoms with Crippen LogP contribution >= 0.6 is 23.2 Å². The van der Waals surface area contributed by atoms with Gasteiger partial charge in [0.1, 0.15) is 22.6 Å². The molecular weight excluding hydrogens is 380 g/mol. The van der Waals surface area contributed by atoms with Crippen LogP contribution < -0.4 is 66.0 Å². The Hall–Kier alpha value is -0.604. The second-order valence-corrected chi connectivity index (χ2v) is 5.36. The number of halogens is 2. The van der Waals surface area contributed by atoms with Crippen LogP contribution in [0.2, 0.25) is 10.0 Å². The maximum Gasteiger partial charge on any atom is 1.00 e. The van der Waals surface area contributed by atoms with Crippen molar-refractivity contribution in [2.75, 3.05) is 0 Å². The average molecular weight is 392 g/mol. The zero-order chi connectivity index (χ0) is 16.8. The van der Waals surface area contributed by atoms with Gasteiger partial charge >= 0.3 is 51.4 Å². The van der Waals surface area contributed by atoms with Gasteiger partial charge in [0, 0.05) is 6.20 Å². The van der Waals surface area contributed by atoms with Gasteiger partial charge in [0.2, 0.25) is 5.88 Å². The third-order valence-corrected chi connectivity index (χ3v) is 3.12. The molecule has 1 aromatic heterocycles. The van der Waals surface area contributed by atoms with E-state index in [0.29, 0.717) is 21.5 Å². The van der Waals surface area contributed by atoms with E-state index in [1.165, 1.54) is 18.3 Å². The maximum atomic E-state index is 10.3. The van der Waals surface area contributed by atoms with Crippen molar-refractivity contribution < 1.29 is 70.8 Å².